The molecule has 0 heterocycles. The number of guanidine groups is 1. The van der Waals surface area contributed by atoms with E-state index in [1.165, 1.54) is 11.1 Å². The van der Waals surface area contributed by atoms with Crippen molar-refractivity contribution < 1.29 is 4.79 Å². The molecule has 0 aliphatic rings. The molecule has 0 radical (unpaired) electrons. The van der Waals surface area contributed by atoms with Gasteiger partial charge in [-0.1, -0.05) is 31.2 Å². The van der Waals surface area contributed by atoms with E-state index in [0.29, 0.717) is 13.0 Å². The molecule has 0 aliphatic heterocycles. The summed E-state index contributed by atoms with van der Waals surface area (Å²) in [6, 6.07) is 8.58. The molecule has 1 amide bonds. The van der Waals surface area contributed by atoms with Crippen LogP contribution in [0.15, 0.2) is 29.3 Å². The van der Waals surface area contributed by atoms with Gasteiger partial charge in [0.05, 0.1) is 6.54 Å². The van der Waals surface area contributed by atoms with Gasteiger partial charge >= 0.3 is 0 Å². The number of aliphatic imine (C=N–C) groups is 1. The fraction of sp³-hybridized carbons (Fsp3) is 0.579. The van der Waals surface area contributed by atoms with Crippen molar-refractivity contribution in [1.82, 2.24) is 15.5 Å². The van der Waals surface area contributed by atoms with Gasteiger partial charge in [0.1, 0.15) is 0 Å². The first-order valence-corrected chi connectivity index (χ1v) is 8.81. The van der Waals surface area contributed by atoms with Crippen LogP contribution in [0.4, 0.5) is 0 Å². The molecule has 6 heteroatoms. The van der Waals surface area contributed by atoms with Crippen LogP contribution in [-0.4, -0.2) is 42.9 Å². The lowest BCUT2D eigenvalue weighted by atomic mass is 10.1. The van der Waals surface area contributed by atoms with Gasteiger partial charge in [-0.3, -0.25) is 9.79 Å². The van der Waals surface area contributed by atoms with Gasteiger partial charge in [0, 0.05) is 32.6 Å². The van der Waals surface area contributed by atoms with E-state index in [0.717, 1.165) is 25.5 Å². The summed E-state index contributed by atoms with van der Waals surface area (Å²) < 4.78 is 0. The number of benzene rings is 1. The van der Waals surface area contributed by atoms with E-state index in [9.17, 15) is 4.79 Å². The molecule has 0 saturated heterocycles. The van der Waals surface area contributed by atoms with Crippen LogP contribution in [0.2, 0.25) is 0 Å². The summed E-state index contributed by atoms with van der Waals surface area (Å²) in [5.41, 5.74) is 2.55. The number of nitrogens with one attached hydrogen (secondary N) is 2. The number of amides is 1. The van der Waals surface area contributed by atoms with Gasteiger partial charge < -0.3 is 15.5 Å². The summed E-state index contributed by atoms with van der Waals surface area (Å²) in [6.45, 7) is 10.3. The van der Waals surface area contributed by atoms with Crippen molar-refractivity contribution in [3.8, 4) is 0 Å². The molecule has 1 aromatic carbocycles. The highest BCUT2D eigenvalue weighted by atomic mass is 127. The summed E-state index contributed by atoms with van der Waals surface area (Å²) in [5.74, 6) is 0.891. The Labute approximate surface area is 169 Å². The Balaban J connectivity index is 0.00000576. The maximum absolute atomic E-state index is 11.8. The van der Waals surface area contributed by atoms with E-state index in [4.69, 9.17) is 0 Å². The summed E-state index contributed by atoms with van der Waals surface area (Å²) in [7, 11) is 2.02. The lowest BCUT2D eigenvalue weighted by Crippen LogP contribution is -2.39. The number of hydrogen-bond donors (Lipinski definition) is 2. The first kappa shape index (κ1) is 23.7. The van der Waals surface area contributed by atoms with Crippen LogP contribution >= 0.6 is 24.0 Å². The minimum absolute atomic E-state index is 0. The van der Waals surface area contributed by atoms with Crippen molar-refractivity contribution >= 4 is 35.8 Å². The molecule has 1 aromatic rings. The summed E-state index contributed by atoms with van der Waals surface area (Å²) >= 11 is 0. The van der Waals surface area contributed by atoms with Crippen molar-refractivity contribution in [3.05, 3.63) is 35.4 Å². The van der Waals surface area contributed by atoms with Crippen molar-refractivity contribution in [1.29, 1.82) is 0 Å². The number of carbonyl (C=O) groups is 1. The minimum Gasteiger partial charge on any atom is -0.357 e. The molecule has 5 nitrogen and oxygen atoms in total. The monoisotopic (exact) mass is 460 g/mol. The fourth-order valence-corrected chi connectivity index (χ4v) is 2.30. The number of hydrogen-bond acceptors (Lipinski definition) is 2. The Kier molecular flexibility index (Phi) is 12.3. The third-order valence-corrected chi connectivity index (χ3v) is 3.99. The molecule has 25 heavy (non-hydrogen) atoms. The predicted molar refractivity (Wildman–Crippen MR) is 117 cm³/mol. The Morgan fingerprint density at radius 3 is 2.56 bits per heavy atom. The zero-order chi connectivity index (χ0) is 17.9. The third kappa shape index (κ3) is 9.09. The van der Waals surface area contributed by atoms with Gasteiger partial charge in [0.15, 0.2) is 5.96 Å². The van der Waals surface area contributed by atoms with Gasteiger partial charge in [-0.05, 0) is 38.3 Å². The Morgan fingerprint density at radius 2 is 1.96 bits per heavy atom. The molecular formula is C19H33IN4O. The molecule has 1 unspecified atom stereocenters. The lowest BCUT2D eigenvalue weighted by molar-refractivity contribution is -0.121. The highest BCUT2D eigenvalue weighted by molar-refractivity contribution is 14.0. The topological polar surface area (TPSA) is 56.7 Å². The molecule has 142 valence electrons. The van der Waals surface area contributed by atoms with E-state index >= 15 is 0 Å². The molecular weight excluding hydrogens is 427 g/mol. The van der Waals surface area contributed by atoms with Crippen molar-refractivity contribution in [2.24, 2.45) is 4.99 Å². The maximum Gasteiger partial charge on any atom is 0.222 e. The largest absolute Gasteiger partial charge is 0.357 e. The van der Waals surface area contributed by atoms with E-state index in [1.807, 2.05) is 27.0 Å². The number of nitrogens with zero attached hydrogens (tertiary/aromatic N) is 2. The highest BCUT2D eigenvalue weighted by Crippen LogP contribution is 2.09. The average molecular weight is 460 g/mol. The lowest BCUT2D eigenvalue weighted by Gasteiger charge is -2.23. The highest BCUT2D eigenvalue weighted by Gasteiger charge is 2.09. The summed E-state index contributed by atoms with van der Waals surface area (Å²) in [5, 5.41) is 6.26. The first-order valence-electron chi connectivity index (χ1n) is 8.81. The molecule has 2 N–H and O–H groups in total. The zero-order valence-corrected chi connectivity index (χ0v) is 18.5. The van der Waals surface area contributed by atoms with E-state index in [1.54, 1.807) is 0 Å². The van der Waals surface area contributed by atoms with Gasteiger partial charge in [0.25, 0.3) is 0 Å². The molecule has 0 bridgehead atoms. The summed E-state index contributed by atoms with van der Waals surface area (Å²) in [6.07, 6.45) is 1.36. The summed E-state index contributed by atoms with van der Waals surface area (Å²) in [4.78, 5) is 18.5. The number of halogens is 1. The second-order valence-electron chi connectivity index (χ2n) is 6.15. The number of aryl methyl sites for hydroxylation is 1. The molecule has 0 spiro atoms. The smallest absolute Gasteiger partial charge is 0.222 e. The minimum atomic E-state index is 0. The van der Waals surface area contributed by atoms with Crippen molar-refractivity contribution in [2.75, 3.05) is 20.1 Å². The molecule has 0 saturated carbocycles. The van der Waals surface area contributed by atoms with Crippen LogP contribution in [0.25, 0.3) is 0 Å². The second kappa shape index (κ2) is 13.0. The van der Waals surface area contributed by atoms with Crippen LogP contribution in [0.5, 0.6) is 0 Å². The van der Waals surface area contributed by atoms with Crippen molar-refractivity contribution in [3.63, 3.8) is 0 Å². The number of carbonyl (C=O) groups excluding carboxylic acids is 1. The SMILES string of the molecule is CCNC(=NCCC(=O)NC(C)CC)N(C)Cc1ccccc1C.I. The molecule has 0 aromatic heterocycles. The van der Waals surface area contributed by atoms with Crippen molar-refractivity contribution in [2.45, 2.75) is 53.1 Å². The van der Waals surface area contributed by atoms with E-state index < -0.39 is 0 Å². The Morgan fingerprint density at radius 1 is 1.28 bits per heavy atom. The third-order valence-electron chi connectivity index (χ3n) is 3.99. The van der Waals surface area contributed by atoms with Crippen LogP contribution < -0.4 is 10.6 Å². The van der Waals surface area contributed by atoms with Crippen LogP contribution in [0, 0.1) is 6.92 Å². The van der Waals surface area contributed by atoms with Gasteiger partial charge in [-0.15, -0.1) is 24.0 Å². The molecule has 1 rings (SSSR count). The quantitative estimate of drug-likeness (QED) is 0.356. The van der Waals surface area contributed by atoms with Gasteiger partial charge in [-0.2, -0.15) is 0 Å². The Bertz CT molecular complexity index is 548. The normalized spacial score (nSPS) is 12.1. The van der Waals surface area contributed by atoms with Gasteiger partial charge in [-0.25, -0.2) is 0 Å². The van der Waals surface area contributed by atoms with Gasteiger partial charge in [0.2, 0.25) is 5.91 Å². The molecule has 0 aliphatic carbocycles. The zero-order valence-electron chi connectivity index (χ0n) is 16.1. The number of rotatable bonds is 8. The van der Waals surface area contributed by atoms with Crippen LogP contribution in [0.3, 0.4) is 0 Å². The second-order valence-corrected chi connectivity index (χ2v) is 6.15. The average Bonchev–Trinajstić information content (AvgIpc) is 2.55. The maximum atomic E-state index is 11.8. The van der Waals surface area contributed by atoms with E-state index in [2.05, 4.69) is 52.6 Å². The van der Waals surface area contributed by atoms with E-state index in [-0.39, 0.29) is 35.9 Å². The standard InChI is InChI=1S/C19H32N4O.HI/c1-6-16(4)22-18(24)12-13-21-19(20-7-2)23(5)14-17-11-9-8-10-15(17)3;/h8-11,16H,6-7,12-14H2,1-5H3,(H,20,21)(H,22,24);1H. The molecule has 0 fully saturated rings. The predicted octanol–water partition coefficient (Wildman–Crippen LogP) is 3.32. The molecule has 1 atom stereocenters. The van der Waals surface area contributed by atoms with Crippen LogP contribution in [0.1, 0.15) is 44.7 Å². The fourth-order valence-electron chi connectivity index (χ4n) is 2.30. The first-order chi connectivity index (χ1) is 11.5. The van der Waals surface area contributed by atoms with Crippen LogP contribution in [-0.2, 0) is 11.3 Å². The Hall–Kier alpha value is -1.31.